The molecule has 8 heteroatoms. The molecule has 0 amide bonds. The number of nitrogens with one attached hydrogen (secondary N) is 1. The number of benzene rings is 1. The van der Waals surface area contributed by atoms with Crippen molar-refractivity contribution >= 4 is 28.0 Å². The molecule has 1 aliphatic carbocycles. The number of hydrogen-bond donors (Lipinski definition) is 2. The Kier molecular flexibility index (Phi) is 2.79. The number of rotatable bonds is 1. The number of aromatic nitrogens is 5. The Bertz CT molecular complexity index is 1190. The smallest absolute Gasteiger partial charge is 0.198 e. The van der Waals surface area contributed by atoms with Crippen LogP contribution in [0, 0.1) is 17.7 Å². The van der Waals surface area contributed by atoms with Crippen LogP contribution in [-0.4, -0.2) is 25.1 Å². The summed E-state index contributed by atoms with van der Waals surface area (Å²) in [6, 6.07) is 2.91. The minimum atomic E-state index is -0.466. The normalized spacial score (nSPS) is 14.0. The van der Waals surface area contributed by atoms with Gasteiger partial charge in [-0.2, -0.15) is 5.10 Å². The lowest BCUT2D eigenvalue weighted by Crippen LogP contribution is -1.92. The fourth-order valence-electron chi connectivity index (χ4n) is 2.67. The van der Waals surface area contributed by atoms with Crippen molar-refractivity contribution in [1.29, 1.82) is 0 Å². The van der Waals surface area contributed by atoms with Gasteiger partial charge < -0.3 is 10.2 Å². The molecule has 0 bridgehead atoms. The fraction of sp³-hybridized carbons (Fsp3) is 0.176. The Balaban J connectivity index is 1.59. The number of anilines is 1. The zero-order valence-corrected chi connectivity index (χ0v) is 12.9. The first kappa shape index (κ1) is 13.9. The van der Waals surface area contributed by atoms with Crippen molar-refractivity contribution in [3.05, 3.63) is 41.4 Å². The second-order valence-electron chi connectivity index (χ2n) is 5.93. The molecule has 122 valence electrons. The summed E-state index contributed by atoms with van der Waals surface area (Å²) >= 11 is 0. The van der Waals surface area contributed by atoms with Crippen molar-refractivity contribution in [3.8, 4) is 11.8 Å². The van der Waals surface area contributed by atoms with Gasteiger partial charge in [0.2, 0.25) is 0 Å². The van der Waals surface area contributed by atoms with Gasteiger partial charge in [-0.1, -0.05) is 5.92 Å². The fourth-order valence-corrected chi connectivity index (χ4v) is 2.67. The Labute approximate surface area is 140 Å². The molecule has 0 saturated heterocycles. The van der Waals surface area contributed by atoms with Gasteiger partial charge in [-0.25, -0.2) is 19.3 Å². The molecule has 25 heavy (non-hydrogen) atoms. The minimum absolute atomic E-state index is 0.223. The van der Waals surface area contributed by atoms with Crippen molar-refractivity contribution in [1.82, 2.24) is 25.1 Å². The molecule has 0 radical (unpaired) electrons. The lowest BCUT2D eigenvalue weighted by molar-refractivity contribution is 0.530. The van der Waals surface area contributed by atoms with Crippen molar-refractivity contribution in [2.45, 2.75) is 18.8 Å². The molecular formula is C17H11FN6O. The van der Waals surface area contributed by atoms with E-state index in [4.69, 9.17) is 10.2 Å². The van der Waals surface area contributed by atoms with Crippen LogP contribution in [0.15, 0.2) is 22.9 Å². The third kappa shape index (κ3) is 2.29. The summed E-state index contributed by atoms with van der Waals surface area (Å²) in [7, 11) is 0. The van der Waals surface area contributed by atoms with Gasteiger partial charge in [0.15, 0.2) is 17.1 Å². The molecular weight excluding hydrogens is 323 g/mol. The SMILES string of the molecule is Nc1ncnc2n[nH]c(C#Cc3cc4nc(C5CC5)oc4cc3F)c12. The van der Waals surface area contributed by atoms with Crippen LogP contribution in [0.5, 0.6) is 0 Å². The summed E-state index contributed by atoms with van der Waals surface area (Å²) < 4.78 is 19.9. The number of fused-ring (bicyclic) bond motifs is 2. The van der Waals surface area contributed by atoms with E-state index in [9.17, 15) is 4.39 Å². The van der Waals surface area contributed by atoms with Crippen LogP contribution in [0.1, 0.15) is 35.9 Å². The quantitative estimate of drug-likeness (QED) is 0.518. The number of halogens is 1. The molecule has 0 unspecified atom stereocenters. The predicted molar refractivity (Wildman–Crippen MR) is 88.0 cm³/mol. The van der Waals surface area contributed by atoms with Gasteiger partial charge in [-0.15, -0.1) is 0 Å². The molecule has 1 aromatic carbocycles. The molecule has 7 nitrogen and oxygen atoms in total. The van der Waals surface area contributed by atoms with E-state index in [2.05, 4.69) is 37.0 Å². The van der Waals surface area contributed by atoms with E-state index in [0.717, 1.165) is 12.8 Å². The Morgan fingerprint density at radius 3 is 2.96 bits per heavy atom. The van der Waals surface area contributed by atoms with Gasteiger partial charge in [0.25, 0.3) is 0 Å². The second-order valence-corrected chi connectivity index (χ2v) is 5.93. The van der Waals surface area contributed by atoms with E-state index >= 15 is 0 Å². The maximum Gasteiger partial charge on any atom is 0.198 e. The lowest BCUT2D eigenvalue weighted by Gasteiger charge is -1.94. The average molecular weight is 334 g/mol. The van der Waals surface area contributed by atoms with Crippen molar-refractivity contribution in [2.24, 2.45) is 0 Å². The van der Waals surface area contributed by atoms with E-state index in [1.165, 1.54) is 12.4 Å². The highest BCUT2D eigenvalue weighted by atomic mass is 19.1. The van der Waals surface area contributed by atoms with Gasteiger partial charge >= 0.3 is 0 Å². The zero-order valence-electron chi connectivity index (χ0n) is 12.9. The van der Waals surface area contributed by atoms with Crippen LogP contribution in [-0.2, 0) is 0 Å². The average Bonchev–Trinajstić information content (AvgIpc) is 3.24. The number of nitrogen functional groups attached to an aromatic ring is 1. The predicted octanol–water partition coefficient (Wildman–Crippen LogP) is 2.49. The summed E-state index contributed by atoms with van der Waals surface area (Å²) in [4.78, 5) is 12.3. The molecule has 1 aliphatic rings. The standard InChI is InChI=1S/C17H11FN6O/c18-10-6-13-12(22-17(25-13)8-1-2-8)5-9(10)3-4-11-14-15(19)20-7-21-16(14)24-23-11/h5-8H,1-2H2,(H3,19,20,21,23,24). The summed E-state index contributed by atoms with van der Waals surface area (Å²) in [5.41, 5.74) is 7.95. The maximum absolute atomic E-state index is 14.3. The van der Waals surface area contributed by atoms with Crippen LogP contribution in [0.2, 0.25) is 0 Å². The Morgan fingerprint density at radius 1 is 1.24 bits per heavy atom. The van der Waals surface area contributed by atoms with Gasteiger partial charge in [-0.3, -0.25) is 5.10 Å². The molecule has 3 aromatic heterocycles. The van der Waals surface area contributed by atoms with Crippen LogP contribution in [0.4, 0.5) is 10.2 Å². The molecule has 5 rings (SSSR count). The number of aromatic amines is 1. The van der Waals surface area contributed by atoms with E-state index in [0.29, 0.717) is 39.6 Å². The molecule has 3 heterocycles. The molecule has 1 saturated carbocycles. The third-order valence-corrected chi connectivity index (χ3v) is 4.12. The van der Waals surface area contributed by atoms with Crippen LogP contribution < -0.4 is 5.73 Å². The molecule has 0 spiro atoms. The summed E-state index contributed by atoms with van der Waals surface area (Å²) in [5, 5.41) is 7.28. The van der Waals surface area contributed by atoms with Gasteiger partial charge in [-0.05, 0) is 24.8 Å². The van der Waals surface area contributed by atoms with Crippen molar-refractivity contribution in [2.75, 3.05) is 5.73 Å². The number of oxazole rings is 1. The van der Waals surface area contributed by atoms with E-state index in [1.54, 1.807) is 6.07 Å². The highest BCUT2D eigenvalue weighted by Crippen LogP contribution is 2.40. The number of nitrogens with two attached hydrogens (primary N) is 1. The second kappa shape index (κ2) is 5.01. The first-order valence-electron chi connectivity index (χ1n) is 7.75. The van der Waals surface area contributed by atoms with Gasteiger partial charge in [0.05, 0.1) is 10.9 Å². The number of hydrogen-bond acceptors (Lipinski definition) is 6. The van der Waals surface area contributed by atoms with Gasteiger partial charge in [0.1, 0.15) is 29.2 Å². The molecule has 3 N–H and O–H groups in total. The Morgan fingerprint density at radius 2 is 2.12 bits per heavy atom. The first-order chi connectivity index (χ1) is 12.2. The number of H-pyrrole nitrogens is 1. The monoisotopic (exact) mass is 334 g/mol. The lowest BCUT2D eigenvalue weighted by atomic mass is 10.2. The zero-order chi connectivity index (χ0) is 17.0. The maximum atomic E-state index is 14.3. The third-order valence-electron chi connectivity index (χ3n) is 4.12. The first-order valence-corrected chi connectivity index (χ1v) is 7.75. The van der Waals surface area contributed by atoms with Crippen LogP contribution in [0.3, 0.4) is 0 Å². The minimum Gasteiger partial charge on any atom is -0.440 e. The largest absolute Gasteiger partial charge is 0.440 e. The van der Waals surface area contributed by atoms with E-state index in [-0.39, 0.29) is 11.4 Å². The molecule has 4 aromatic rings. The molecule has 1 fully saturated rings. The topological polar surface area (TPSA) is 107 Å². The molecule has 0 aliphatic heterocycles. The van der Waals surface area contributed by atoms with Crippen LogP contribution >= 0.6 is 0 Å². The number of nitrogens with zero attached hydrogens (tertiary/aromatic N) is 4. The highest BCUT2D eigenvalue weighted by molar-refractivity contribution is 5.90. The van der Waals surface area contributed by atoms with Crippen molar-refractivity contribution < 1.29 is 8.81 Å². The summed E-state index contributed by atoms with van der Waals surface area (Å²) in [6.45, 7) is 0. The Hall–Kier alpha value is -3.47. The highest BCUT2D eigenvalue weighted by Gasteiger charge is 2.29. The molecule has 0 atom stereocenters. The van der Waals surface area contributed by atoms with Gasteiger partial charge in [0, 0.05) is 12.0 Å². The van der Waals surface area contributed by atoms with E-state index < -0.39 is 5.82 Å². The summed E-state index contributed by atoms with van der Waals surface area (Å²) in [6.07, 6.45) is 3.46. The van der Waals surface area contributed by atoms with Crippen LogP contribution in [0.25, 0.3) is 22.1 Å². The van der Waals surface area contributed by atoms with E-state index in [1.807, 2.05) is 0 Å². The summed E-state index contributed by atoms with van der Waals surface area (Å²) in [5.74, 6) is 6.48. The van der Waals surface area contributed by atoms with Crippen molar-refractivity contribution in [3.63, 3.8) is 0 Å².